The maximum absolute atomic E-state index is 13.0. The molecule has 1 rings (SSSR count). The number of halogens is 3. The minimum atomic E-state index is -4.45. The summed E-state index contributed by atoms with van der Waals surface area (Å²) in [6, 6.07) is 5.25. The van der Waals surface area contributed by atoms with E-state index in [2.05, 4.69) is 5.32 Å². The highest BCUT2D eigenvalue weighted by atomic mass is 19.4. The van der Waals surface area contributed by atoms with E-state index in [1.165, 1.54) is 32.2 Å². The first-order valence-corrected chi connectivity index (χ1v) is 5.86. The zero-order valence-electron chi connectivity index (χ0n) is 10.9. The summed E-state index contributed by atoms with van der Waals surface area (Å²) in [5, 5.41) is 12.4. The molecule has 0 aromatic heterocycles. The van der Waals surface area contributed by atoms with E-state index in [4.69, 9.17) is 4.74 Å². The molecule has 0 saturated carbocycles. The van der Waals surface area contributed by atoms with Crippen LogP contribution in [0.25, 0.3) is 0 Å². The van der Waals surface area contributed by atoms with Crippen molar-refractivity contribution < 1.29 is 23.0 Å². The van der Waals surface area contributed by atoms with E-state index in [1.54, 1.807) is 0 Å². The normalized spacial score (nSPS) is 15.3. The molecule has 19 heavy (non-hydrogen) atoms. The van der Waals surface area contributed by atoms with Gasteiger partial charge in [0, 0.05) is 13.7 Å². The van der Waals surface area contributed by atoms with Crippen molar-refractivity contribution in [2.45, 2.75) is 18.6 Å². The zero-order valence-corrected chi connectivity index (χ0v) is 10.9. The van der Waals surface area contributed by atoms with Crippen molar-refractivity contribution in [2.75, 3.05) is 26.9 Å². The van der Waals surface area contributed by atoms with Gasteiger partial charge in [-0.25, -0.2) is 0 Å². The molecule has 0 aliphatic carbocycles. The van der Waals surface area contributed by atoms with E-state index in [0.717, 1.165) is 6.07 Å². The molecule has 0 fully saturated rings. The molecule has 0 heterocycles. The highest BCUT2D eigenvalue weighted by Gasteiger charge is 2.38. The van der Waals surface area contributed by atoms with Gasteiger partial charge in [-0.2, -0.15) is 13.2 Å². The zero-order chi connectivity index (χ0) is 14.5. The summed E-state index contributed by atoms with van der Waals surface area (Å²) in [6.45, 7) is 1.79. The van der Waals surface area contributed by atoms with Gasteiger partial charge in [0.2, 0.25) is 0 Å². The molecule has 108 valence electrons. The largest absolute Gasteiger partial charge is 0.416 e. The highest BCUT2D eigenvalue weighted by Crippen LogP contribution is 2.36. The van der Waals surface area contributed by atoms with E-state index >= 15 is 0 Å². The average Bonchev–Trinajstić information content (AvgIpc) is 2.38. The first-order chi connectivity index (χ1) is 8.85. The molecule has 3 nitrogen and oxygen atoms in total. The maximum atomic E-state index is 13.0. The average molecular weight is 277 g/mol. The fraction of sp³-hybridized carbons (Fsp3) is 0.538. The van der Waals surface area contributed by atoms with Crippen molar-refractivity contribution in [3.05, 3.63) is 35.4 Å². The van der Waals surface area contributed by atoms with Crippen LogP contribution in [-0.2, 0) is 16.5 Å². The molecular weight excluding hydrogens is 259 g/mol. The number of methoxy groups -OCH3 is 1. The van der Waals surface area contributed by atoms with E-state index in [9.17, 15) is 18.3 Å². The van der Waals surface area contributed by atoms with Crippen molar-refractivity contribution in [3.8, 4) is 0 Å². The number of rotatable bonds is 6. The molecule has 1 aromatic rings. The first kappa shape index (κ1) is 15.9. The molecule has 0 spiro atoms. The Morgan fingerprint density at radius 1 is 1.21 bits per heavy atom. The van der Waals surface area contributed by atoms with Crippen molar-refractivity contribution in [2.24, 2.45) is 0 Å². The van der Waals surface area contributed by atoms with Crippen LogP contribution in [-0.4, -0.2) is 32.0 Å². The summed E-state index contributed by atoms with van der Waals surface area (Å²) in [5.74, 6) is 0. The maximum Gasteiger partial charge on any atom is 0.416 e. The lowest BCUT2D eigenvalue weighted by atomic mass is 9.88. The Morgan fingerprint density at radius 3 is 2.26 bits per heavy atom. The Morgan fingerprint density at radius 2 is 1.79 bits per heavy atom. The smallest absolute Gasteiger partial charge is 0.394 e. The van der Waals surface area contributed by atoms with Crippen LogP contribution in [0.5, 0.6) is 0 Å². The summed E-state index contributed by atoms with van der Waals surface area (Å²) >= 11 is 0. The van der Waals surface area contributed by atoms with Crippen LogP contribution in [0, 0.1) is 0 Å². The number of aliphatic hydroxyl groups excluding tert-OH is 1. The number of hydrogen-bond acceptors (Lipinski definition) is 3. The lowest BCUT2D eigenvalue weighted by Gasteiger charge is -2.32. The fourth-order valence-corrected chi connectivity index (χ4v) is 1.88. The standard InChI is InChI=1S/C13H18F3NO2/c1-12(9-18,17-7-8-19-2)10-5-3-4-6-11(10)13(14,15)16/h3-6,17-18H,7-9H2,1-2H3. The minimum Gasteiger partial charge on any atom is -0.394 e. The van der Waals surface area contributed by atoms with Crippen LogP contribution in [0.4, 0.5) is 13.2 Å². The first-order valence-electron chi connectivity index (χ1n) is 5.86. The topological polar surface area (TPSA) is 41.5 Å². The number of benzene rings is 1. The Kier molecular flexibility index (Phi) is 5.34. The molecule has 1 unspecified atom stereocenters. The van der Waals surface area contributed by atoms with Gasteiger partial charge in [0.1, 0.15) is 0 Å². The van der Waals surface area contributed by atoms with Crippen molar-refractivity contribution in [1.29, 1.82) is 0 Å². The van der Waals surface area contributed by atoms with Crippen LogP contribution in [0.1, 0.15) is 18.1 Å². The lowest BCUT2D eigenvalue weighted by Crippen LogP contribution is -2.45. The van der Waals surface area contributed by atoms with Gasteiger partial charge in [0.05, 0.1) is 24.3 Å². The lowest BCUT2D eigenvalue weighted by molar-refractivity contribution is -0.139. The predicted octanol–water partition coefficient (Wildman–Crippen LogP) is 2.15. The van der Waals surface area contributed by atoms with Crippen LogP contribution in [0.3, 0.4) is 0 Å². The van der Waals surface area contributed by atoms with E-state index in [-0.39, 0.29) is 5.56 Å². The predicted molar refractivity (Wildman–Crippen MR) is 65.8 cm³/mol. The molecule has 0 radical (unpaired) electrons. The number of alkyl halides is 3. The summed E-state index contributed by atoms with van der Waals surface area (Å²) in [5.41, 5.74) is -1.87. The second-order valence-electron chi connectivity index (χ2n) is 4.45. The fourth-order valence-electron chi connectivity index (χ4n) is 1.88. The molecule has 1 atom stereocenters. The summed E-state index contributed by atoms with van der Waals surface area (Å²) in [4.78, 5) is 0. The Balaban J connectivity index is 3.10. The molecule has 0 amide bonds. The molecule has 2 N–H and O–H groups in total. The molecule has 0 aliphatic heterocycles. The van der Waals surface area contributed by atoms with Gasteiger partial charge in [0.15, 0.2) is 0 Å². The van der Waals surface area contributed by atoms with Gasteiger partial charge in [-0.1, -0.05) is 18.2 Å². The van der Waals surface area contributed by atoms with Crippen LogP contribution < -0.4 is 5.32 Å². The molecular formula is C13H18F3NO2. The number of aliphatic hydroxyl groups is 1. The van der Waals surface area contributed by atoms with E-state index < -0.39 is 23.9 Å². The third kappa shape index (κ3) is 3.92. The van der Waals surface area contributed by atoms with Crippen LogP contribution in [0.15, 0.2) is 24.3 Å². The SMILES string of the molecule is COCCNC(C)(CO)c1ccccc1C(F)(F)F. The summed E-state index contributed by atoms with van der Waals surface area (Å²) in [7, 11) is 1.50. The Bertz CT molecular complexity index is 409. The van der Waals surface area contributed by atoms with Gasteiger partial charge >= 0.3 is 6.18 Å². The van der Waals surface area contributed by atoms with Gasteiger partial charge in [-0.3, -0.25) is 0 Å². The van der Waals surface area contributed by atoms with Crippen LogP contribution in [0.2, 0.25) is 0 Å². The van der Waals surface area contributed by atoms with E-state index in [0.29, 0.717) is 13.2 Å². The Hall–Kier alpha value is -1.11. The molecule has 0 aliphatic rings. The molecule has 0 bridgehead atoms. The number of hydrogen-bond donors (Lipinski definition) is 2. The quantitative estimate of drug-likeness (QED) is 0.783. The van der Waals surface area contributed by atoms with Gasteiger partial charge in [0.25, 0.3) is 0 Å². The number of ether oxygens (including phenoxy) is 1. The van der Waals surface area contributed by atoms with Gasteiger partial charge in [-0.15, -0.1) is 0 Å². The second kappa shape index (κ2) is 6.36. The molecule has 0 saturated heterocycles. The third-order valence-corrected chi connectivity index (χ3v) is 2.96. The second-order valence-corrected chi connectivity index (χ2v) is 4.45. The van der Waals surface area contributed by atoms with Crippen molar-refractivity contribution in [1.82, 2.24) is 5.32 Å². The van der Waals surface area contributed by atoms with Crippen LogP contribution >= 0.6 is 0 Å². The number of nitrogens with one attached hydrogen (secondary N) is 1. The Labute approximate surface area is 110 Å². The monoisotopic (exact) mass is 277 g/mol. The summed E-state index contributed by atoms with van der Waals surface area (Å²) < 4.78 is 43.8. The van der Waals surface area contributed by atoms with Gasteiger partial charge in [-0.05, 0) is 18.6 Å². The van der Waals surface area contributed by atoms with Gasteiger partial charge < -0.3 is 15.2 Å². The van der Waals surface area contributed by atoms with E-state index in [1.807, 2.05) is 0 Å². The molecule has 6 heteroatoms. The minimum absolute atomic E-state index is 0.0288. The summed E-state index contributed by atoms with van der Waals surface area (Å²) in [6.07, 6.45) is -4.45. The van der Waals surface area contributed by atoms with Crippen molar-refractivity contribution in [3.63, 3.8) is 0 Å². The third-order valence-electron chi connectivity index (χ3n) is 2.96. The highest BCUT2D eigenvalue weighted by molar-refractivity contribution is 5.35. The molecule has 1 aromatic carbocycles. The van der Waals surface area contributed by atoms with Crippen molar-refractivity contribution >= 4 is 0 Å².